The van der Waals surface area contributed by atoms with E-state index in [0.29, 0.717) is 19.6 Å². The van der Waals surface area contributed by atoms with Gasteiger partial charge in [-0.25, -0.2) is 8.42 Å². The molecule has 0 bridgehead atoms. The van der Waals surface area contributed by atoms with Crippen LogP contribution in [0.1, 0.15) is 19.3 Å². The molecule has 0 aromatic heterocycles. The van der Waals surface area contributed by atoms with E-state index in [0.717, 1.165) is 25.9 Å². The van der Waals surface area contributed by atoms with Crippen molar-refractivity contribution in [3.8, 4) is 0 Å². The molecule has 3 N–H and O–H groups in total. The van der Waals surface area contributed by atoms with Crippen LogP contribution in [0.4, 0.5) is 0 Å². The van der Waals surface area contributed by atoms with Crippen molar-refractivity contribution in [3.63, 3.8) is 0 Å². The van der Waals surface area contributed by atoms with Gasteiger partial charge in [0.1, 0.15) is 0 Å². The van der Waals surface area contributed by atoms with Gasteiger partial charge in [-0.3, -0.25) is 4.79 Å². The maximum atomic E-state index is 11.7. The first-order valence-electron chi connectivity index (χ1n) is 6.43. The summed E-state index contributed by atoms with van der Waals surface area (Å²) in [5.41, 5.74) is 5.24. The van der Waals surface area contributed by atoms with Crippen molar-refractivity contribution in [1.82, 2.24) is 10.2 Å². The Morgan fingerprint density at radius 3 is 2.50 bits per heavy atom. The van der Waals surface area contributed by atoms with E-state index in [1.165, 1.54) is 0 Å². The largest absolute Gasteiger partial charge is 0.355 e. The molecule has 1 saturated heterocycles. The summed E-state index contributed by atoms with van der Waals surface area (Å²) in [5, 5.41) is 2.56. The fraction of sp³-hybridized carbons (Fsp3) is 0.909. The molecule has 1 amide bonds. The number of likely N-dealkylation sites (tertiary alicyclic amines) is 1. The molecule has 0 radical (unpaired) electrons. The van der Waals surface area contributed by atoms with E-state index < -0.39 is 9.84 Å². The van der Waals surface area contributed by atoms with E-state index in [1.807, 2.05) is 0 Å². The Bertz CT molecular complexity index is 351. The molecule has 1 aliphatic rings. The van der Waals surface area contributed by atoms with Gasteiger partial charge in [-0.1, -0.05) is 0 Å². The number of hydrogen-bond donors (Lipinski definition) is 2. The minimum Gasteiger partial charge on any atom is -0.355 e. The zero-order valence-corrected chi connectivity index (χ0v) is 11.5. The summed E-state index contributed by atoms with van der Waals surface area (Å²) < 4.78 is 23.5. The van der Waals surface area contributed by atoms with Gasteiger partial charge in [0.15, 0.2) is 9.84 Å². The number of amides is 1. The van der Waals surface area contributed by atoms with Crippen molar-refractivity contribution in [2.45, 2.75) is 19.3 Å². The lowest BCUT2D eigenvalue weighted by Crippen LogP contribution is -2.32. The number of rotatable bonds is 8. The first-order chi connectivity index (χ1) is 8.53. The summed E-state index contributed by atoms with van der Waals surface area (Å²) in [4.78, 5) is 13.4. The van der Waals surface area contributed by atoms with Crippen molar-refractivity contribution in [2.24, 2.45) is 5.73 Å². The highest BCUT2D eigenvalue weighted by atomic mass is 32.2. The van der Waals surface area contributed by atoms with Gasteiger partial charge in [0.2, 0.25) is 5.91 Å². The number of nitrogens with two attached hydrogens (primary N) is 1. The van der Waals surface area contributed by atoms with Crippen LogP contribution in [-0.4, -0.2) is 63.5 Å². The summed E-state index contributed by atoms with van der Waals surface area (Å²) in [6.45, 7) is 3.34. The highest BCUT2D eigenvalue weighted by molar-refractivity contribution is 7.91. The quantitative estimate of drug-likeness (QED) is 0.591. The fourth-order valence-electron chi connectivity index (χ4n) is 1.92. The van der Waals surface area contributed by atoms with Gasteiger partial charge >= 0.3 is 0 Å². The van der Waals surface area contributed by atoms with Gasteiger partial charge in [0, 0.05) is 26.1 Å². The van der Waals surface area contributed by atoms with Crippen molar-refractivity contribution < 1.29 is 13.2 Å². The van der Waals surface area contributed by atoms with Crippen LogP contribution in [0.25, 0.3) is 0 Å². The van der Waals surface area contributed by atoms with E-state index in [4.69, 9.17) is 5.73 Å². The van der Waals surface area contributed by atoms with Crippen LogP contribution in [0.15, 0.2) is 0 Å². The molecule has 0 atom stereocenters. The number of sulfone groups is 1. The number of carbonyl (C=O) groups excluding carboxylic acids is 1. The van der Waals surface area contributed by atoms with E-state index in [2.05, 4.69) is 10.2 Å². The lowest BCUT2D eigenvalue weighted by molar-refractivity contribution is -0.120. The smallest absolute Gasteiger partial charge is 0.221 e. The first-order valence-corrected chi connectivity index (χ1v) is 8.25. The van der Waals surface area contributed by atoms with E-state index in [1.54, 1.807) is 0 Å². The second kappa shape index (κ2) is 7.70. The Hall–Kier alpha value is -0.660. The maximum absolute atomic E-state index is 11.7. The SMILES string of the molecule is NCCNC(=O)CCS(=O)(=O)CCN1CCCC1. The maximum Gasteiger partial charge on any atom is 0.221 e. The van der Waals surface area contributed by atoms with E-state index >= 15 is 0 Å². The third kappa shape index (κ3) is 6.32. The Morgan fingerprint density at radius 2 is 1.89 bits per heavy atom. The lowest BCUT2D eigenvalue weighted by Gasteiger charge is -2.14. The fourth-order valence-corrected chi connectivity index (χ4v) is 3.16. The van der Waals surface area contributed by atoms with Crippen LogP contribution in [-0.2, 0) is 14.6 Å². The molecule has 7 heteroatoms. The molecule has 0 aliphatic carbocycles. The summed E-state index contributed by atoms with van der Waals surface area (Å²) in [5.74, 6) is -0.167. The second-order valence-electron chi connectivity index (χ2n) is 4.59. The highest BCUT2D eigenvalue weighted by Crippen LogP contribution is 2.07. The van der Waals surface area contributed by atoms with Crippen molar-refractivity contribution in [2.75, 3.05) is 44.2 Å². The normalized spacial score (nSPS) is 16.9. The van der Waals surface area contributed by atoms with Crippen molar-refractivity contribution >= 4 is 15.7 Å². The molecular weight excluding hydrogens is 254 g/mol. The monoisotopic (exact) mass is 277 g/mol. The Morgan fingerprint density at radius 1 is 1.22 bits per heavy atom. The van der Waals surface area contributed by atoms with Gasteiger partial charge in [0.05, 0.1) is 11.5 Å². The summed E-state index contributed by atoms with van der Waals surface area (Å²) in [6, 6.07) is 0. The van der Waals surface area contributed by atoms with Crippen LogP contribution in [0.5, 0.6) is 0 Å². The predicted octanol–water partition coefficient (Wildman–Crippen LogP) is -1.04. The minimum atomic E-state index is -3.12. The Labute approximate surface area is 109 Å². The molecule has 1 heterocycles. The van der Waals surface area contributed by atoms with Crippen LogP contribution < -0.4 is 11.1 Å². The number of nitrogens with zero attached hydrogens (tertiary/aromatic N) is 1. The Balaban J connectivity index is 2.20. The predicted molar refractivity (Wildman–Crippen MR) is 71.0 cm³/mol. The van der Waals surface area contributed by atoms with E-state index in [9.17, 15) is 13.2 Å². The van der Waals surface area contributed by atoms with Crippen LogP contribution in [0, 0.1) is 0 Å². The number of nitrogens with one attached hydrogen (secondary N) is 1. The zero-order valence-electron chi connectivity index (χ0n) is 10.7. The van der Waals surface area contributed by atoms with E-state index in [-0.39, 0.29) is 23.8 Å². The highest BCUT2D eigenvalue weighted by Gasteiger charge is 2.17. The molecule has 0 unspecified atom stereocenters. The molecule has 1 fully saturated rings. The lowest BCUT2D eigenvalue weighted by atomic mass is 10.4. The van der Waals surface area contributed by atoms with Gasteiger partial charge < -0.3 is 16.0 Å². The summed E-state index contributed by atoms with van der Waals surface area (Å²) in [6.07, 6.45) is 2.34. The van der Waals surface area contributed by atoms with Crippen molar-refractivity contribution in [1.29, 1.82) is 0 Å². The first kappa shape index (κ1) is 15.4. The standard InChI is InChI=1S/C11H23N3O3S/c12-4-5-13-11(15)3-9-18(16,17)10-8-14-6-1-2-7-14/h1-10,12H2,(H,13,15). The van der Waals surface area contributed by atoms with Gasteiger partial charge in [-0.2, -0.15) is 0 Å². The number of hydrogen-bond acceptors (Lipinski definition) is 5. The molecule has 1 aliphatic heterocycles. The topological polar surface area (TPSA) is 92.5 Å². The third-order valence-electron chi connectivity index (χ3n) is 3.02. The van der Waals surface area contributed by atoms with Gasteiger partial charge in [-0.05, 0) is 25.9 Å². The summed E-state index contributed by atoms with van der Waals surface area (Å²) >= 11 is 0. The van der Waals surface area contributed by atoms with Gasteiger partial charge in [-0.15, -0.1) is 0 Å². The minimum absolute atomic E-state index is 0.0301. The summed E-state index contributed by atoms with van der Waals surface area (Å²) in [7, 11) is -3.12. The van der Waals surface area contributed by atoms with Crippen LogP contribution >= 0.6 is 0 Å². The van der Waals surface area contributed by atoms with Gasteiger partial charge in [0.25, 0.3) is 0 Å². The molecule has 6 nitrogen and oxygen atoms in total. The molecule has 0 aromatic carbocycles. The second-order valence-corrected chi connectivity index (χ2v) is 6.89. The third-order valence-corrected chi connectivity index (χ3v) is 4.65. The Kier molecular flexibility index (Phi) is 6.59. The molecule has 0 aromatic rings. The van der Waals surface area contributed by atoms with Crippen LogP contribution in [0.2, 0.25) is 0 Å². The zero-order chi connectivity index (χ0) is 13.4. The molecule has 18 heavy (non-hydrogen) atoms. The molecule has 0 spiro atoms. The molecule has 106 valence electrons. The average Bonchev–Trinajstić information content (AvgIpc) is 2.85. The molecular formula is C11H23N3O3S. The number of carbonyl (C=O) groups is 1. The molecule has 1 rings (SSSR count). The molecule has 0 saturated carbocycles. The van der Waals surface area contributed by atoms with Crippen molar-refractivity contribution in [3.05, 3.63) is 0 Å². The average molecular weight is 277 g/mol. The van der Waals surface area contributed by atoms with Crippen LogP contribution in [0.3, 0.4) is 0 Å².